The first-order chi connectivity index (χ1) is 26.9. The van der Waals surface area contributed by atoms with Crippen LogP contribution < -0.4 is 14.5 Å². The zero-order chi connectivity index (χ0) is 38.9. The SMILES string of the molecule is Cc1cc(C)c(-c2cc(C)c(N3[CH-]N(c4[c-]c(Oc5[c-]c6c(cc5)c5ccccc5n6-c5cc(C(C)(C)C)ccn5)ccc4)c4ncccc43)c(C)c2)c(C)c1.[Pt]. The zero-order valence-corrected chi connectivity index (χ0v) is 35.8. The third kappa shape index (κ3) is 6.80. The minimum absolute atomic E-state index is 0. The van der Waals surface area contributed by atoms with Gasteiger partial charge in [0.05, 0.1) is 5.69 Å². The molecule has 0 saturated carbocycles. The Kier molecular flexibility index (Phi) is 9.82. The molecule has 4 heterocycles. The Balaban J connectivity index is 0.00000455. The molecule has 0 saturated heterocycles. The van der Waals surface area contributed by atoms with E-state index in [1.165, 1.54) is 44.5 Å². The van der Waals surface area contributed by atoms with Crippen molar-refractivity contribution < 1.29 is 25.8 Å². The maximum atomic E-state index is 6.55. The van der Waals surface area contributed by atoms with Crippen molar-refractivity contribution in [3.63, 3.8) is 0 Å². The molecule has 1 aliphatic rings. The molecule has 0 N–H and O–H groups in total. The summed E-state index contributed by atoms with van der Waals surface area (Å²) in [6, 6.07) is 43.2. The predicted molar refractivity (Wildman–Crippen MR) is 230 cm³/mol. The molecule has 0 unspecified atom stereocenters. The Hall–Kier alpha value is -5.71. The fourth-order valence-electron chi connectivity index (χ4n) is 8.40. The number of hydrogen-bond donors (Lipinski definition) is 0. The number of hydrogen-bond acceptors (Lipinski definition) is 5. The van der Waals surface area contributed by atoms with Crippen LogP contribution in [-0.4, -0.2) is 14.5 Å². The smallest absolute Gasteiger partial charge is 0.135 e. The summed E-state index contributed by atoms with van der Waals surface area (Å²) in [4.78, 5) is 14.0. The van der Waals surface area contributed by atoms with Crippen molar-refractivity contribution in [3.8, 4) is 28.4 Å². The normalized spacial score (nSPS) is 12.6. The molecule has 0 fully saturated rings. The van der Waals surface area contributed by atoms with Gasteiger partial charge in [-0.15, -0.1) is 42.4 Å². The van der Waals surface area contributed by atoms with Gasteiger partial charge in [-0.05, 0) is 127 Å². The number of fused-ring (bicyclic) bond motifs is 4. The number of ether oxygens (including phenoxy) is 1. The Morgan fingerprint density at radius 1 is 0.649 bits per heavy atom. The number of pyridine rings is 2. The Bertz CT molecular complexity index is 2790. The molecule has 9 rings (SSSR count). The number of anilines is 4. The van der Waals surface area contributed by atoms with Crippen LogP contribution in [0.25, 0.3) is 38.8 Å². The van der Waals surface area contributed by atoms with Crippen LogP contribution in [0.2, 0.25) is 0 Å². The summed E-state index contributed by atoms with van der Waals surface area (Å²) in [5.74, 6) is 2.86. The molecule has 6 nitrogen and oxygen atoms in total. The fraction of sp³-hybridized carbons (Fsp3) is 0.180. The van der Waals surface area contributed by atoms with Crippen molar-refractivity contribution in [2.24, 2.45) is 0 Å². The van der Waals surface area contributed by atoms with Crippen LogP contribution in [0.15, 0.2) is 116 Å². The maximum absolute atomic E-state index is 6.55. The number of rotatable bonds is 6. The van der Waals surface area contributed by atoms with Crippen LogP contribution in [0.5, 0.6) is 11.5 Å². The Morgan fingerprint density at radius 3 is 2.14 bits per heavy atom. The van der Waals surface area contributed by atoms with E-state index in [1.807, 2.05) is 42.7 Å². The Labute approximate surface area is 350 Å². The van der Waals surface area contributed by atoms with Crippen molar-refractivity contribution in [2.45, 2.75) is 60.8 Å². The molecule has 288 valence electrons. The Morgan fingerprint density at radius 2 is 1.39 bits per heavy atom. The van der Waals surface area contributed by atoms with E-state index in [0.29, 0.717) is 11.5 Å². The standard InChI is InChI=1S/C50H44N5O.Pt/c1-31-23-32(2)47(33(3)24-31)36-25-34(4)48(35(5)26-36)54-30-53(49-44(54)17-12-21-52-49)38-13-11-14-39(28-38)56-40-18-19-42-41-15-9-10-16-43(41)55(45(42)29-40)46-27-37(20-22-51-46)50(6,7)8;/h9-27,30H,1-8H3;/q-3;. The molecule has 3 aromatic heterocycles. The first-order valence-corrected chi connectivity index (χ1v) is 19.1. The van der Waals surface area contributed by atoms with Crippen molar-refractivity contribution in [2.75, 3.05) is 9.80 Å². The van der Waals surface area contributed by atoms with Crippen LogP contribution in [0.4, 0.5) is 22.9 Å². The number of nitrogens with zero attached hydrogens (tertiary/aromatic N) is 5. The van der Waals surface area contributed by atoms with E-state index >= 15 is 0 Å². The molecule has 5 aromatic carbocycles. The second-order valence-corrected chi connectivity index (χ2v) is 16.0. The van der Waals surface area contributed by atoms with Gasteiger partial charge in [-0.1, -0.05) is 67.9 Å². The number of para-hydroxylation sites is 1. The first kappa shape index (κ1) is 38.2. The van der Waals surface area contributed by atoms with Crippen LogP contribution in [-0.2, 0) is 26.5 Å². The number of aryl methyl sites for hydroxylation is 5. The molecule has 0 bridgehead atoms. The van der Waals surface area contributed by atoms with Gasteiger partial charge in [-0.3, -0.25) is 0 Å². The van der Waals surface area contributed by atoms with E-state index in [2.05, 4.69) is 161 Å². The summed E-state index contributed by atoms with van der Waals surface area (Å²) in [5.41, 5.74) is 14.9. The molecule has 0 aliphatic carbocycles. The molecule has 0 radical (unpaired) electrons. The van der Waals surface area contributed by atoms with Gasteiger partial charge in [0.1, 0.15) is 11.6 Å². The minimum atomic E-state index is -0.0164. The zero-order valence-electron chi connectivity index (χ0n) is 33.5. The van der Waals surface area contributed by atoms with E-state index in [-0.39, 0.29) is 26.5 Å². The number of aromatic nitrogens is 3. The van der Waals surface area contributed by atoms with E-state index < -0.39 is 0 Å². The third-order valence-corrected chi connectivity index (χ3v) is 10.8. The average molecular weight is 926 g/mol. The van der Waals surface area contributed by atoms with E-state index in [4.69, 9.17) is 14.7 Å². The van der Waals surface area contributed by atoms with Crippen molar-refractivity contribution in [3.05, 3.63) is 168 Å². The molecular weight excluding hydrogens is 882 g/mol. The van der Waals surface area contributed by atoms with Gasteiger partial charge in [0.2, 0.25) is 0 Å². The van der Waals surface area contributed by atoms with Crippen LogP contribution in [0, 0.1) is 53.4 Å². The molecule has 57 heavy (non-hydrogen) atoms. The monoisotopic (exact) mass is 925 g/mol. The average Bonchev–Trinajstić information content (AvgIpc) is 3.70. The van der Waals surface area contributed by atoms with Gasteiger partial charge in [-0.2, -0.15) is 12.1 Å². The third-order valence-electron chi connectivity index (χ3n) is 10.8. The molecule has 0 spiro atoms. The minimum Gasteiger partial charge on any atom is -0.509 e. The van der Waals surface area contributed by atoms with Crippen molar-refractivity contribution in [1.82, 2.24) is 14.5 Å². The van der Waals surface area contributed by atoms with Gasteiger partial charge in [0.25, 0.3) is 0 Å². The van der Waals surface area contributed by atoms with Gasteiger partial charge >= 0.3 is 0 Å². The molecular formula is C50H44N5OPt-3. The van der Waals surface area contributed by atoms with E-state index in [1.54, 1.807) is 0 Å². The summed E-state index contributed by atoms with van der Waals surface area (Å²) in [5, 5.41) is 2.23. The molecule has 8 aromatic rings. The maximum Gasteiger partial charge on any atom is 0.135 e. The topological polar surface area (TPSA) is 46.4 Å². The van der Waals surface area contributed by atoms with Gasteiger partial charge in [0, 0.05) is 56.2 Å². The fourth-order valence-corrected chi connectivity index (χ4v) is 8.40. The summed E-state index contributed by atoms with van der Waals surface area (Å²) in [6.45, 7) is 19.7. The van der Waals surface area contributed by atoms with Gasteiger partial charge < -0.3 is 19.1 Å². The van der Waals surface area contributed by atoms with Crippen LogP contribution >= 0.6 is 0 Å². The molecule has 1 aliphatic heterocycles. The largest absolute Gasteiger partial charge is 0.509 e. The van der Waals surface area contributed by atoms with Gasteiger partial charge in [-0.25, -0.2) is 9.97 Å². The quantitative estimate of drug-likeness (QED) is 0.156. The predicted octanol–water partition coefficient (Wildman–Crippen LogP) is 12.9. The van der Waals surface area contributed by atoms with Gasteiger partial charge in [0.15, 0.2) is 0 Å². The molecule has 7 heteroatoms. The second-order valence-electron chi connectivity index (χ2n) is 16.0. The van der Waals surface area contributed by atoms with Crippen molar-refractivity contribution in [1.29, 1.82) is 0 Å². The molecule has 0 amide bonds. The van der Waals surface area contributed by atoms with Crippen LogP contribution in [0.3, 0.4) is 0 Å². The summed E-state index contributed by atoms with van der Waals surface area (Å²) < 4.78 is 8.74. The molecule has 0 atom stereocenters. The first-order valence-electron chi connectivity index (χ1n) is 19.1. The van der Waals surface area contributed by atoms with E-state index in [9.17, 15) is 0 Å². The summed E-state index contributed by atoms with van der Waals surface area (Å²) in [6.07, 6.45) is 3.73. The van der Waals surface area contributed by atoms with Crippen LogP contribution in [0.1, 0.15) is 54.2 Å². The van der Waals surface area contributed by atoms with E-state index in [0.717, 1.165) is 50.5 Å². The summed E-state index contributed by atoms with van der Waals surface area (Å²) in [7, 11) is 0. The second kappa shape index (κ2) is 14.7. The number of benzene rings is 5. The summed E-state index contributed by atoms with van der Waals surface area (Å²) >= 11 is 0. The van der Waals surface area contributed by atoms with Crippen molar-refractivity contribution >= 4 is 44.7 Å².